The lowest BCUT2D eigenvalue weighted by molar-refractivity contribution is -0.151. The Hall–Kier alpha value is -3.71. The molecule has 2 atom stereocenters. The molecule has 0 saturated carbocycles. The number of nitrogens with zero attached hydrogens (tertiary/aromatic N) is 1. The highest BCUT2D eigenvalue weighted by Crippen LogP contribution is 2.18. The van der Waals surface area contributed by atoms with Crippen molar-refractivity contribution in [3.05, 3.63) is 97.1 Å². The summed E-state index contributed by atoms with van der Waals surface area (Å²) in [6.45, 7) is 11.4. The molecule has 0 fully saturated rings. The molecule has 2 amide bonds. The summed E-state index contributed by atoms with van der Waals surface area (Å²) in [5.41, 5.74) is 1.12. The number of hydrogen-bond donors (Lipinski definition) is 2. The molecule has 210 valence electrons. The number of carbonyl (C=O) groups is 3. The topological polar surface area (TPSA) is 95.9 Å². The van der Waals surface area contributed by atoms with Crippen molar-refractivity contribution >= 4 is 17.8 Å². The molecule has 0 heterocycles. The van der Waals surface area contributed by atoms with E-state index in [2.05, 4.69) is 18.5 Å². The second-order valence-electron chi connectivity index (χ2n) is 10.3. The average Bonchev–Trinajstić information content (AvgIpc) is 2.92. The van der Waals surface area contributed by atoms with Crippen molar-refractivity contribution in [2.24, 2.45) is 11.8 Å². The van der Waals surface area contributed by atoms with E-state index in [1.165, 1.54) is 0 Å². The van der Waals surface area contributed by atoms with E-state index in [9.17, 15) is 19.5 Å². The molecule has 7 heteroatoms. The van der Waals surface area contributed by atoms with Gasteiger partial charge in [0.15, 0.2) is 0 Å². The first-order chi connectivity index (χ1) is 18.7. The molecule has 0 aliphatic rings. The summed E-state index contributed by atoms with van der Waals surface area (Å²) in [5.74, 6) is -1.91. The predicted molar refractivity (Wildman–Crippen MR) is 153 cm³/mol. The lowest BCUT2D eigenvalue weighted by atomic mass is 9.96. The number of amides is 2. The van der Waals surface area contributed by atoms with Crippen LogP contribution in [0.1, 0.15) is 44.2 Å². The number of ether oxygens (including phenoxy) is 1. The van der Waals surface area contributed by atoms with Crippen LogP contribution in [0.2, 0.25) is 0 Å². The number of hydrogen-bond acceptors (Lipinski definition) is 5. The maximum Gasteiger partial charge on any atom is 0.309 e. The lowest BCUT2D eigenvalue weighted by Crippen LogP contribution is -2.50. The van der Waals surface area contributed by atoms with Crippen LogP contribution in [0, 0.1) is 11.8 Å². The van der Waals surface area contributed by atoms with Gasteiger partial charge in [0.2, 0.25) is 11.8 Å². The van der Waals surface area contributed by atoms with Gasteiger partial charge in [-0.25, -0.2) is 0 Å². The minimum absolute atomic E-state index is 0.0145. The van der Waals surface area contributed by atoms with Crippen molar-refractivity contribution in [1.82, 2.24) is 10.2 Å². The van der Waals surface area contributed by atoms with E-state index in [1.807, 2.05) is 60.7 Å². The van der Waals surface area contributed by atoms with E-state index in [1.54, 1.807) is 30.9 Å². The number of nitrogens with one attached hydrogen (secondary N) is 1. The lowest BCUT2D eigenvalue weighted by Gasteiger charge is -2.30. The van der Waals surface area contributed by atoms with Crippen LogP contribution in [0.15, 0.2) is 86.0 Å². The molecule has 2 rings (SSSR count). The van der Waals surface area contributed by atoms with Crippen LogP contribution in [-0.2, 0) is 32.1 Å². The highest BCUT2D eigenvalue weighted by molar-refractivity contribution is 5.86. The van der Waals surface area contributed by atoms with Crippen LogP contribution < -0.4 is 5.32 Å². The van der Waals surface area contributed by atoms with Gasteiger partial charge in [0.1, 0.15) is 6.61 Å². The van der Waals surface area contributed by atoms with E-state index in [0.29, 0.717) is 25.8 Å². The second-order valence-corrected chi connectivity index (χ2v) is 10.3. The van der Waals surface area contributed by atoms with Gasteiger partial charge in [-0.3, -0.25) is 14.4 Å². The minimum atomic E-state index is -0.852. The molecule has 7 nitrogen and oxygen atoms in total. The normalized spacial score (nSPS) is 12.6. The van der Waals surface area contributed by atoms with Gasteiger partial charge in [-0.15, -0.1) is 13.2 Å². The molecular formula is C32H42N2O5. The molecule has 0 radical (unpaired) electrons. The third-order valence-electron chi connectivity index (χ3n) is 6.33. The number of aliphatic hydroxyl groups excluding tert-OH is 1. The van der Waals surface area contributed by atoms with Gasteiger partial charge >= 0.3 is 5.97 Å². The number of benzene rings is 2. The molecule has 2 N–H and O–H groups in total. The Balaban J connectivity index is 1.98. The Labute approximate surface area is 232 Å². The summed E-state index contributed by atoms with van der Waals surface area (Å²) in [7, 11) is 0. The quantitative estimate of drug-likeness (QED) is 0.231. The maximum absolute atomic E-state index is 13.2. The van der Waals surface area contributed by atoms with E-state index in [4.69, 9.17) is 4.74 Å². The van der Waals surface area contributed by atoms with Gasteiger partial charge in [-0.05, 0) is 44.2 Å². The summed E-state index contributed by atoms with van der Waals surface area (Å²) >= 11 is 0. The highest BCUT2D eigenvalue weighted by Gasteiger charge is 2.30. The summed E-state index contributed by atoms with van der Waals surface area (Å²) < 4.78 is 5.63. The molecule has 0 bridgehead atoms. The Kier molecular flexibility index (Phi) is 13.2. The van der Waals surface area contributed by atoms with E-state index in [0.717, 1.165) is 11.1 Å². The summed E-state index contributed by atoms with van der Waals surface area (Å²) in [6.07, 6.45) is 4.62. The Morgan fingerprint density at radius 3 is 2.08 bits per heavy atom. The maximum atomic E-state index is 13.2. The molecule has 39 heavy (non-hydrogen) atoms. The smallest absolute Gasteiger partial charge is 0.309 e. The van der Waals surface area contributed by atoms with Crippen molar-refractivity contribution in [1.29, 1.82) is 0 Å². The third-order valence-corrected chi connectivity index (χ3v) is 6.33. The molecular weight excluding hydrogens is 492 g/mol. The van der Waals surface area contributed by atoms with Crippen LogP contribution in [0.25, 0.3) is 0 Å². The Bertz CT molecular complexity index is 1070. The number of aliphatic hydroxyl groups is 1. The fraction of sp³-hybridized carbons (Fsp3) is 0.406. The summed E-state index contributed by atoms with van der Waals surface area (Å²) in [5, 5.41) is 12.4. The van der Waals surface area contributed by atoms with Gasteiger partial charge in [0, 0.05) is 19.5 Å². The van der Waals surface area contributed by atoms with E-state index >= 15 is 0 Å². The van der Waals surface area contributed by atoms with Crippen molar-refractivity contribution in [2.75, 3.05) is 19.8 Å². The zero-order valence-corrected chi connectivity index (χ0v) is 23.2. The summed E-state index contributed by atoms with van der Waals surface area (Å²) in [6, 6.07) is 19.2. The van der Waals surface area contributed by atoms with E-state index < -0.39 is 11.5 Å². The molecule has 0 aliphatic heterocycles. The monoisotopic (exact) mass is 534 g/mol. The van der Waals surface area contributed by atoms with Gasteiger partial charge in [0.25, 0.3) is 0 Å². The van der Waals surface area contributed by atoms with Crippen LogP contribution in [0.5, 0.6) is 0 Å². The third kappa shape index (κ3) is 11.3. The first-order valence-corrected chi connectivity index (χ1v) is 13.4. The zero-order chi connectivity index (χ0) is 28.7. The van der Waals surface area contributed by atoms with Crippen LogP contribution in [0.3, 0.4) is 0 Å². The highest BCUT2D eigenvalue weighted by atomic mass is 16.5. The molecule has 0 aliphatic carbocycles. The van der Waals surface area contributed by atoms with Gasteiger partial charge in [-0.1, -0.05) is 72.8 Å². The molecule has 0 saturated heterocycles. The first kappa shape index (κ1) is 31.5. The van der Waals surface area contributed by atoms with Crippen molar-refractivity contribution in [2.45, 2.75) is 51.6 Å². The first-order valence-electron chi connectivity index (χ1n) is 13.4. The number of carbonyl (C=O) groups excluding carboxylic acids is 3. The number of rotatable bonds is 17. The average molecular weight is 535 g/mol. The van der Waals surface area contributed by atoms with E-state index in [-0.39, 0.29) is 49.9 Å². The SMILES string of the molecule is C=CC[C@@H](CC(=O)N(CCO)Cc1ccccc1)C(=O)NC(C)(C)COC(=O)[C@@H](CC=C)Cc1ccccc1. The van der Waals surface area contributed by atoms with Gasteiger partial charge < -0.3 is 20.1 Å². The number of allylic oxidation sites excluding steroid dienone is 2. The summed E-state index contributed by atoms with van der Waals surface area (Å²) in [4.78, 5) is 40.8. The Morgan fingerprint density at radius 2 is 1.51 bits per heavy atom. The van der Waals surface area contributed by atoms with Crippen molar-refractivity contribution in [3.63, 3.8) is 0 Å². The van der Waals surface area contributed by atoms with Crippen molar-refractivity contribution in [3.8, 4) is 0 Å². The molecule has 0 unspecified atom stereocenters. The van der Waals surface area contributed by atoms with Crippen LogP contribution in [0.4, 0.5) is 0 Å². The zero-order valence-electron chi connectivity index (χ0n) is 23.2. The molecule has 2 aromatic carbocycles. The largest absolute Gasteiger partial charge is 0.463 e. The Morgan fingerprint density at radius 1 is 0.949 bits per heavy atom. The second kappa shape index (κ2) is 16.3. The fourth-order valence-electron chi connectivity index (χ4n) is 4.24. The van der Waals surface area contributed by atoms with Crippen molar-refractivity contribution < 1.29 is 24.2 Å². The minimum Gasteiger partial charge on any atom is -0.463 e. The van der Waals surface area contributed by atoms with Gasteiger partial charge in [-0.2, -0.15) is 0 Å². The van der Waals surface area contributed by atoms with Gasteiger partial charge in [0.05, 0.1) is 24.0 Å². The van der Waals surface area contributed by atoms with Crippen LogP contribution in [-0.4, -0.2) is 53.1 Å². The predicted octanol–water partition coefficient (Wildman–Crippen LogP) is 4.46. The standard InChI is InChI=1S/C32H42N2O5/c1-5-13-27(22-29(36)34(19-20-35)23-26-17-11-8-12-18-26)30(37)33-32(3,4)24-39-31(38)28(14-6-2)21-25-15-9-7-10-16-25/h5-12,15-18,27-28,35H,1-2,13-14,19-24H2,3-4H3,(H,33,37)/t27-,28-/m0/s1. The fourth-order valence-corrected chi connectivity index (χ4v) is 4.24. The number of esters is 1. The molecule has 0 spiro atoms. The molecule has 0 aromatic heterocycles. The van der Waals surface area contributed by atoms with Crippen LogP contribution >= 0.6 is 0 Å². The molecule has 2 aromatic rings.